The summed E-state index contributed by atoms with van der Waals surface area (Å²) < 4.78 is 0. The first kappa shape index (κ1) is 12.7. The Balaban J connectivity index is 2.04. The van der Waals surface area contributed by atoms with Gasteiger partial charge in [-0.1, -0.05) is 11.2 Å². The molecule has 0 atom stereocenters. The molecule has 2 rings (SSSR count). The van der Waals surface area contributed by atoms with Gasteiger partial charge in [-0.15, -0.1) is 0 Å². The van der Waals surface area contributed by atoms with Gasteiger partial charge >= 0.3 is 6.03 Å². The molecule has 1 aromatic heterocycles. The highest BCUT2D eigenvalue weighted by Crippen LogP contribution is 1.99. The third-order valence-corrected chi connectivity index (χ3v) is 2.18. The van der Waals surface area contributed by atoms with Gasteiger partial charge < -0.3 is 4.84 Å². The summed E-state index contributed by atoms with van der Waals surface area (Å²) in [6.07, 6.45) is 6.26. The second-order valence-corrected chi connectivity index (χ2v) is 3.53. The van der Waals surface area contributed by atoms with Gasteiger partial charge in [0.1, 0.15) is 12.8 Å². The smallest absolute Gasteiger partial charge is 0.358 e. The molecule has 0 aliphatic carbocycles. The zero-order valence-electron chi connectivity index (χ0n) is 10.2. The molecule has 0 unspecified atom stereocenters. The van der Waals surface area contributed by atoms with E-state index in [0.29, 0.717) is 5.71 Å². The molecular formula is C11H12N6O2. The van der Waals surface area contributed by atoms with Crippen molar-refractivity contribution in [2.75, 3.05) is 13.7 Å². The molecule has 1 aliphatic heterocycles. The Bertz CT molecular complexity index is 525. The van der Waals surface area contributed by atoms with Gasteiger partial charge in [-0.3, -0.25) is 4.98 Å². The number of urea groups is 1. The first-order valence-corrected chi connectivity index (χ1v) is 5.44. The number of carbonyl (C=O) groups is 1. The number of rotatable bonds is 4. The van der Waals surface area contributed by atoms with Crippen LogP contribution in [0.1, 0.15) is 5.56 Å². The van der Waals surface area contributed by atoms with Crippen LogP contribution in [0.2, 0.25) is 0 Å². The minimum atomic E-state index is -0.408. The van der Waals surface area contributed by atoms with Crippen molar-refractivity contribution in [3.8, 4) is 0 Å². The van der Waals surface area contributed by atoms with Gasteiger partial charge in [0.2, 0.25) is 0 Å². The van der Waals surface area contributed by atoms with E-state index in [1.807, 2.05) is 6.07 Å². The molecule has 8 nitrogen and oxygen atoms in total. The van der Waals surface area contributed by atoms with E-state index in [4.69, 9.17) is 0 Å². The lowest BCUT2D eigenvalue weighted by Crippen LogP contribution is -2.43. The minimum absolute atomic E-state index is 0.218. The number of amides is 2. The van der Waals surface area contributed by atoms with E-state index in [1.165, 1.54) is 18.3 Å². The molecule has 0 fully saturated rings. The third kappa shape index (κ3) is 3.60. The predicted molar refractivity (Wildman–Crippen MR) is 70.0 cm³/mol. The molecule has 1 aromatic rings. The van der Waals surface area contributed by atoms with E-state index in [2.05, 4.69) is 30.6 Å². The molecule has 2 heterocycles. The highest BCUT2D eigenvalue weighted by Gasteiger charge is 2.18. The van der Waals surface area contributed by atoms with Gasteiger partial charge in [0, 0.05) is 18.0 Å². The maximum atomic E-state index is 11.5. The number of hydrogen-bond acceptors (Lipinski definition) is 6. The Labute approximate surface area is 109 Å². The number of hydrazone groups is 2. The standard InChI is InChI=1S/C11H12N6O2/c1-19-14-7-10-8-17(11(18)16-15-10)13-6-9-3-2-4-12-5-9/h2-7H,8H2,1H3,(H,16,18)/b13-6-,14-7-. The lowest BCUT2D eigenvalue weighted by molar-refractivity contribution is 0.204. The fraction of sp³-hybridized carbons (Fsp3) is 0.182. The van der Waals surface area contributed by atoms with Crippen molar-refractivity contribution in [1.82, 2.24) is 15.4 Å². The van der Waals surface area contributed by atoms with E-state index < -0.39 is 6.03 Å². The molecule has 0 spiro atoms. The fourth-order valence-electron chi connectivity index (χ4n) is 1.30. The van der Waals surface area contributed by atoms with Crippen molar-refractivity contribution in [3.05, 3.63) is 30.1 Å². The van der Waals surface area contributed by atoms with Crippen molar-refractivity contribution in [1.29, 1.82) is 0 Å². The van der Waals surface area contributed by atoms with E-state index in [9.17, 15) is 4.79 Å². The van der Waals surface area contributed by atoms with Gasteiger partial charge in [-0.05, 0) is 6.07 Å². The van der Waals surface area contributed by atoms with Crippen LogP contribution in [0.4, 0.5) is 4.79 Å². The summed E-state index contributed by atoms with van der Waals surface area (Å²) in [5.41, 5.74) is 3.65. The van der Waals surface area contributed by atoms with Crippen LogP contribution in [0.25, 0.3) is 0 Å². The van der Waals surface area contributed by atoms with Crippen molar-refractivity contribution < 1.29 is 9.63 Å². The minimum Gasteiger partial charge on any atom is -0.399 e. The molecule has 19 heavy (non-hydrogen) atoms. The Morgan fingerprint density at radius 3 is 3.16 bits per heavy atom. The summed E-state index contributed by atoms with van der Waals surface area (Å²) in [6.45, 7) is 0.218. The molecule has 0 saturated carbocycles. The second-order valence-electron chi connectivity index (χ2n) is 3.53. The van der Waals surface area contributed by atoms with E-state index in [0.717, 1.165) is 5.56 Å². The van der Waals surface area contributed by atoms with Crippen molar-refractivity contribution in [2.24, 2.45) is 15.4 Å². The maximum absolute atomic E-state index is 11.5. The molecule has 0 bridgehead atoms. The number of hydrogen-bond donors (Lipinski definition) is 1. The summed E-state index contributed by atoms with van der Waals surface area (Å²) >= 11 is 0. The Morgan fingerprint density at radius 1 is 1.53 bits per heavy atom. The predicted octanol–water partition coefficient (Wildman–Crippen LogP) is 0.429. The summed E-state index contributed by atoms with van der Waals surface area (Å²) in [4.78, 5) is 20.0. The zero-order valence-corrected chi connectivity index (χ0v) is 10.2. The summed E-state index contributed by atoms with van der Waals surface area (Å²) in [6, 6.07) is 3.21. The van der Waals surface area contributed by atoms with Crippen LogP contribution >= 0.6 is 0 Å². The third-order valence-electron chi connectivity index (χ3n) is 2.18. The Kier molecular flexibility index (Phi) is 4.17. The molecule has 98 valence electrons. The van der Waals surface area contributed by atoms with Crippen molar-refractivity contribution >= 4 is 24.2 Å². The quantitative estimate of drug-likeness (QED) is 0.628. The summed E-state index contributed by atoms with van der Waals surface area (Å²) in [7, 11) is 1.43. The Hall–Kier alpha value is -2.77. The molecule has 0 radical (unpaired) electrons. The highest BCUT2D eigenvalue weighted by molar-refractivity contribution is 6.32. The second kappa shape index (κ2) is 6.24. The fourth-order valence-corrected chi connectivity index (χ4v) is 1.30. The monoisotopic (exact) mass is 260 g/mol. The van der Waals surface area contributed by atoms with Crippen LogP contribution < -0.4 is 5.43 Å². The number of pyridine rings is 1. The average Bonchev–Trinajstić information content (AvgIpc) is 2.46. The first-order chi connectivity index (χ1) is 9.29. The number of aromatic nitrogens is 1. The molecule has 1 aliphatic rings. The van der Waals surface area contributed by atoms with Crippen LogP contribution in [0.15, 0.2) is 39.9 Å². The van der Waals surface area contributed by atoms with Gasteiger partial charge in [0.15, 0.2) is 0 Å². The lowest BCUT2D eigenvalue weighted by Gasteiger charge is -2.20. The lowest BCUT2D eigenvalue weighted by atomic mass is 10.3. The van der Waals surface area contributed by atoms with E-state index >= 15 is 0 Å². The van der Waals surface area contributed by atoms with Crippen LogP contribution in [0.3, 0.4) is 0 Å². The molecule has 0 saturated heterocycles. The van der Waals surface area contributed by atoms with Crippen molar-refractivity contribution in [3.63, 3.8) is 0 Å². The molecule has 0 aromatic carbocycles. The van der Waals surface area contributed by atoms with Crippen LogP contribution in [-0.4, -0.2) is 47.8 Å². The van der Waals surface area contributed by atoms with E-state index in [1.54, 1.807) is 24.7 Å². The molecule has 2 amide bonds. The van der Waals surface area contributed by atoms with Gasteiger partial charge in [-0.2, -0.15) is 10.2 Å². The first-order valence-electron chi connectivity index (χ1n) is 5.44. The van der Waals surface area contributed by atoms with Gasteiger partial charge in [0.05, 0.1) is 19.0 Å². The normalized spacial score (nSPS) is 15.7. The van der Waals surface area contributed by atoms with Gasteiger partial charge in [-0.25, -0.2) is 15.2 Å². The van der Waals surface area contributed by atoms with E-state index in [-0.39, 0.29) is 6.54 Å². The molecule has 8 heteroatoms. The average molecular weight is 260 g/mol. The number of carbonyl (C=O) groups excluding carboxylic acids is 1. The molecule has 1 N–H and O–H groups in total. The number of nitrogens with one attached hydrogen (secondary N) is 1. The van der Waals surface area contributed by atoms with Crippen LogP contribution in [0.5, 0.6) is 0 Å². The number of nitrogens with zero attached hydrogens (tertiary/aromatic N) is 5. The Morgan fingerprint density at radius 2 is 2.42 bits per heavy atom. The SMILES string of the molecule is CO/N=C\C1=NNC(=O)N(/N=C\c2cccnc2)C1. The van der Waals surface area contributed by atoms with Gasteiger partial charge in [0.25, 0.3) is 0 Å². The summed E-state index contributed by atoms with van der Waals surface area (Å²) in [5, 5.41) is 12.7. The topological polar surface area (TPSA) is 91.5 Å². The largest absolute Gasteiger partial charge is 0.399 e. The zero-order chi connectivity index (χ0) is 13.5. The highest BCUT2D eigenvalue weighted by atomic mass is 16.6. The maximum Gasteiger partial charge on any atom is 0.358 e. The van der Waals surface area contributed by atoms with Crippen molar-refractivity contribution in [2.45, 2.75) is 0 Å². The molecular weight excluding hydrogens is 248 g/mol. The number of oxime groups is 1. The van der Waals surface area contributed by atoms with Crippen LogP contribution in [0, 0.1) is 0 Å². The summed E-state index contributed by atoms with van der Waals surface area (Å²) in [5.74, 6) is 0. The van der Waals surface area contributed by atoms with Crippen LogP contribution in [-0.2, 0) is 4.84 Å².